The van der Waals surface area contributed by atoms with Gasteiger partial charge in [0.05, 0.1) is 0 Å². The van der Waals surface area contributed by atoms with Crippen molar-refractivity contribution >= 4 is 11.9 Å². The van der Waals surface area contributed by atoms with Crippen LogP contribution in [0, 0.1) is 5.92 Å². The van der Waals surface area contributed by atoms with Gasteiger partial charge in [0.15, 0.2) is 0 Å². The number of rotatable bonds is 5. The van der Waals surface area contributed by atoms with Crippen molar-refractivity contribution in [2.75, 3.05) is 20.6 Å². The predicted octanol–water partition coefficient (Wildman–Crippen LogP) is 1.09. The first-order chi connectivity index (χ1) is 8.35. The summed E-state index contributed by atoms with van der Waals surface area (Å²) in [6.45, 7) is 2.77. The second-order valence-corrected chi connectivity index (χ2v) is 5.67. The molecule has 2 atom stereocenters. The molecule has 0 radical (unpaired) electrons. The highest BCUT2D eigenvalue weighted by Crippen LogP contribution is 2.35. The van der Waals surface area contributed by atoms with Gasteiger partial charge >= 0.3 is 5.97 Å². The van der Waals surface area contributed by atoms with Crippen LogP contribution in [0.15, 0.2) is 0 Å². The molecule has 1 saturated carbocycles. The van der Waals surface area contributed by atoms with Crippen molar-refractivity contribution in [2.24, 2.45) is 5.92 Å². The van der Waals surface area contributed by atoms with E-state index in [0.29, 0.717) is 12.5 Å². The van der Waals surface area contributed by atoms with Gasteiger partial charge in [-0.15, -0.1) is 0 Å². The Bertz CT molecular complexity index is 317. The minimum atomic E-state index is -1.08. The summed E-state index contributed by atoms with van der Waals surface area (Å²) in [5.41, 5.74) is -0.0220. The Kier molecular flexibility index (Phi) is 5.14. The van der Waals surface area contributed by atoms with Gasteiger partial charge in [0.25, 0.3) is 0 Å². The fourth-order valence-electron chi connectivity index (χ4n) is 2.82. The molecule has 0 saturated heterocycles. The quantitative estimate of drug-likeness (QED) is 0.722. The van der Waals surface area contributed by atoms with Crippen molar-refractivity contribution in [3.05, 3.63) is 0 Å². The van der Waals surface area contributed by atoms with Crippen LogP contribution in [0.5, 0.6) is 0 Å². The number of hydrogen-bond donors (Lipinski definition) is 2. The van der Waals surface area contributed by atoms with Gasteiger partial charge in [-0.3, -0.25) is 9.59 Å². The highest BCUT2D eigenvalue weighted by atomic mass is 16.4. The predicted molar refractivity (Wildman–Crippen MR) is 69.3 cm³/mol. The SMILES string of the molecule is CC1CCCC(CNC(=O)CC(=O)O)(N(C)C)C1. The number of aliphatic carboxylic acids is 1. The molecule has 2 N–H and O–H groups in total. The molecular formula is C13H24N2O3. The molecule has 18 heavy (non-hydrogen) atoms. The maximum Gasteiger partial charge on any atom is 0.312 e. The van der Waals surface area contributed by atoms with E-state index in [4.69, 9.17) is 5.11 Å². The van der Waals surface area contributed by atoms with E-state index in [1.807, 2.05) is 14.1 Å². The summed E-state index contributed by atoms with van der Waals surface area (Å²) < 4.78 is 0. The maximum absolute atomic E-state index is 11.4. The first-order valence-corrected chi connectivity index (χ1v) is 6.52. The molecule has 0 aliphatic heterocycles. The highest BCUT2D eigenvalue weighted by molar-refractivity contribution is 5.93. The molecule has 1 fully saturated rings. The third kappa shape index (κ3) is 3.98. The molecule has 1 amide bonds. The average Bonchev–Trinajstić information content (AvgIpc) is 2.25. The van der Waals surface area contributed by atoms with Crippen LogP contribution in [0.25, 0.3) is 0 Å². The molecule has 0 aromatic heterocycles. The Morgan fingerprint density at radius 3 is 2.61 bits per heavy atom. The van der Waals surface area contributed by atoms with Gasteiger partial charge in [-0.1, -0.05) is 19.8 Å². The largest absolute Gasteiger partial charge is 0.481 e. The zero-order valence-electron chi connectivity index (χ0n) is 11.5. The van der Waals surface area contributed by atoms with Crippen LogP contribution in [0.4, 0.5) is 0 Å². The normalized spacial score (nSPS) is 28.1. The Morgan fingerprint density at radius 2 is 2.11 bits per heavy atom. The van der Waals surface area contributed by atoms with Crippen molar-refractivity contribution < 1.29 is 14.7 Å². The van der Waals surface area contributed by atoms with Gasteiger partial charge in [-0.25, -0.2) is 0 Å². The first-order valence-electron chi connectivity index (χ1n) is 6.52. The van der Waals surface area contributed by atoms with Crippen LogP contribution in [0.2, 0.25) is 0 Å². The van der Waals surface area contributed by atoms with E-state index in [9.17, 15) is 9.59 Å². The molecule has 104 valence electrons. The summed E-state index contributed by atoms with van der Waals surface area (Å²) in [4.78, 5) is 24.1. The Hall–Kier alpha value is -1.10. The molecule has 0 bridgehead atoms. The van der Waals surface area contributed by atoms with E-state index < -0.39 is 18.3 Å². The molecule has 0 heterocycles. The van der Waals surface area contributed by atoms with E-state index in [1.54, 1.807) is 0 Å². The number of nitrogens with zero attached hydrogens (tertiary/aromatic N) is 1. The molecule has 1 aliphatic carbocycles. The molecule has 1 aliphatic rings. The van der Waals surface area contributed by atoms with Gasteiger partial charge in [0.1, 0.15) is 6.42 Å². The van der Waals surface area contributed by atoms with Crippen LogP contribution in [0.3, 0.4) is 0 Å². The smallest absolute Gasteiger partial charge is 0.312 e. The zero-order chi connectivity index (χ0) is 13.8. The molecule has 5 nitrogen and oxygen atoms in total. The van der Waals surface area contributed by atoms with E-state index in [0.717, 1.165) is 19.3 Å². The standard InChI is InChI=1S/C13H24N2O3/c1-10-5-4-6-13(8-10,15(2)3)9-14-11(16)7-12(17)18/h10H,4-9H2,1-3H3,(H,14,16)(H,17,18). The number of likely N-dealkylation sites (N-methyl/N-ethyl adjacent to an activating group) is 1. The fraction of sp³-hybridized carbons (Fsp3) is 0.846. The lowest BCUT2D eigenvalue weighted by atomic mass is 9.75. The maximum atomic E-state index is 11.4. The van der Waals surface area contributed by atoms with Crippen LogP contribution in [-0.4, -0.2) is 48.1 Å². The van der Waals surface area contributed by atoms with Crippen LogP contribution in [0.1, 0.15) is 39.0 Å². The van der Waals surface area contributed by atoms with E-state index in [2.05, 4.69) is 17.1 Å². The minimum absolute atomic E-state index is 0.0220. The Labute approximate surface area is 109 Å². The minimum Gasteiger partial charge on any atom is -0.481 e. The zero-order valence-corrected chi connectivity index (χ0v) is 11.5. The number of carboxylic acid groups (broad SMARTS) is 1. The van der Waals surface area contributed by atoms with Crippen molar-refractivity contribution in [1.29, 1.82) is 0 Å². The summed E-state index contributed by atoms with van der Waals surface area (Å²) in [7, 11) is 4.06. The monoisotopic (exact) mass is 256 g/mol. The van der Waals surface area contributed by atoms with Gasteiger partial charge in [-0.05, 0) is 32.9 Å². The summed E-state index contributed by atoms with van der Waals surface area (Å²) in [5.74, 6) is -0.831. The van der Waals surface area contributed by atoms with Crippen molar-refractivity contribution in [3.8, 4) is 0 Å². The van der Waals surface area contributed by atoms with Gasteiger partial charge in [0.2, 0.25) is 5.91 Å². The Morgan fingerprint density at radius 1 is 1.44 bits per heavy atom. The highest BCUT2D eigenvalue weighted by Gasteiger charge is 2.37. The topological polar surface area (TPSA) is 69.6 Å². The number of carbonyl (C=O) groups excluding carboxylic acids is 1. The number of amides is 1. The van der Waals surface area contributed by atoms with E-state index in [1.165, 1.54) is 6.42 Å². The lowest BCUT2D eigenvalue weighted by molar-refractivity contribution is -0.140. The van der Waals surface area contributed by atoms with Gasteiger partial charge < -0.3 is 15.3 Å². The number of carboxylic acids is 1. The number of carbonyl (C=O) groups is 2. The van der Waals surface area contributed by atoms with Crippen molar-refractivity contribution in [3.63, 3.8) is 0 Å². The Balaban J connectivity index is 2.58. The molecule has 0 aromatic rings. The number of nitrogens with one attached hydrogen (secondary N) is 1. The first kappa shape index (κ1) is 15.0. The molecular weight excluding hydrogens is 232 g/mol. The molecule has 2 unspecified atom stereocenters. The van der Waals surface area contributed by atoms with E-state index >= 15 is 0 Å². The second-order valence-electron chi connectivity index (χ2n) is 5.67. The third-order valence-corrected chi connectivity index (χ3v) is 3.94. The van der Waals surface area contributed by atoms with Crippen molar-refractivity contribution in [2.45, 2.75) is 44.6 Å². The molecule has 0 aromatic carbocycles. The van der Waals surface area contributed by atoms with Crippen LogP contribution >= 0.6 is 0 Å². The van der Waals surface area contributed by atoms with Gasteiger partial charge in [0, 0.05) is 12.1 Å². The van der Waals surface area contributed by atoms with Gasteiger partial charge in [-0.2, -0.15) is 0 Å². The third-order valence-electron chi connectivity index (χ3n) is 3.94. The lowest BCUT2D eigenvalue weighted by Gasteiger charge is -2.45. The van der Waals surface area contributed by atoms with Crippen LogP contribution < -0.4 is 5.32 Å². The average molecular weight is 256 g/mol. The summed E-state index contributed by atoms with van der Waals surface area (Å²) >= 11 is 0. The second kappa shape index (κ2) is 6.18. The molecule has 0 spiro atoms. The van der Waals surface area contributed by atoms with E-state index in [-0.39, 0.29) is 5.54 Å². The van der Waals surface area contributed by atoms with Crippen LogP contribution in [-0.2, 0) is 9.59 Å². The lowest BCUT2D eigenvalue weighted by Crippen LogP contribution is -2.55. The van der Waals surface area contributed by atoms with Crippen molar-refractivity contribution in [1.82, 2.24) is 10.2 Å². The fourth-order valence-corrected chi connectivity index (χ4v) is 2.82. The summed E-state index contributed by atoms with van der Waals surface area (Å²) in [6, 6.07) is 0. The number of hydrogen-bond acceptors (Lipinski definition) is 3. The summed E-state index contributed by atoms with van der Waals surface area (Å²) in [6.07, 6.45) is 4.05. The molecule has 1 rings (SSSR count). The molecule has 5 heteroatoms. The summed E-state index contributed by atoms with van der Waals surface area (Å²) in [5, 5.41) is 11.3.